The summed E-state index contributed by atoms with van der Waals surface area (Å²) in [5.41, 5.74) is 0.344. The Hall–Kier alpha value is -1.07. The summed E-state index contributed by atoms with van der Waals surface area (Å²) < 4.78 is 37.2. The molecule has 0 radical (unpaired) electrons. The van der Waals surface area contributed by atoms with Crippen molar-refractivity contribution in [3.63, 3.8) is 0 Å². The second kappa shape index (κ2) is 5.28. The van der Waals surface area contributed by atoms with Gasteiger partial charge in [0.2, 0.25) is 0 Å². The summed E-state index contributed by atoms with van der Waals surface area (Å²) in [5, 5.41) is 3.34. The fourth-order valence-electron chi connectivity index (χ4n) is 2.21. The van der Waals surface area contributed by atoms with Gasteiger partial charge in [0, 0.05) is 32.2 Å². The van der Waals surface area contributed by atoms with Crippen molar-refractivity contribution >= 4 is 0 Å². The summed E-state index contributed by atoms with van der Waals surface area (Å²) in [6.07, 6.45) is -4.25. The van der Waals surface area contributed by atoms with Crippen molar-refractivity contribution in [2.75, 3.05) is 19.6 Å². The Morgan fingerprint density at radius 3 is 2.50 bits per heavy atom. The van der Waals surface area contributed by atoms with Crippen LogP contribution in [0.15, 0.2) is 24.3 Å². The van der Waals surface area contributed by atoms with Crippen LogP contribution in [0.5, 0.6) is 0 Å². The molecule has 0 bridgehead atoms. The minimum Gasteiger partial charge on any atom is -0.312 e. The first-order valence-corrected chi connectivity index (χ1v) is 6.07. The lowest BCUT2D eigenvalue weighted by Gasteiger charge is -2.31. The Balaban J connectivity index is 1.98. The van der Waals surface area contributed by atoms with Crippen molar-refractivity contribution in [3.8, 4) is 0 Å². The zero-order valence-corrected chi connectivity index (χ0v) is 10.3. The molecule has 1 N–H and O–H groups in total. The van der Waals surface area contributed by atoms with Gasteiger partial charge in [-0.15, -0.1) is 0 Å². The van der Waals surface area contributed by atoms with Crippen molar-refractivity contribution in [2.24, 2.45) is 0 Å². The number of halogens is 3. The predicted octanol–water partition coefficient (Wildman–Crippen LogP) is 2.50. The third kappa shape index (κ3) is 3.46. The molecule has 0 amide bonds. The third-order valence-electron chi connectivity index (χ3n) is 3.14. The van der Waals surface area contributed by atoms with Gasteiger partial charge in [0.15, 0.2) is 0 Å². The second-order valence-corrected chi connectivity index (χ2v) is 4.78. The van der Waals surface area contributed by atoms with Crippen LogP contribution in [0.2, 0.25) is 0 Å². The molecule has 0 aliphatic carbocycles. The third-order valence-corrected chi connectivity index (χ3v) is 3.14. The van der Waals surface area contributed by atoms with Gasteiger partial charge in [0.05, 0.1) is 5.56 Å². The van der Waals surface area contributed by atoms with Crippen LogP contribution >= 0.6 is 0 Å². The molecule has 1 aliphatic rings. The second-order valence-electron chi connectivity index (χ2n) is 4.78. The predicted molar refractivity (Wildman–Crippen MR) is 64.2 cm³/mol. The molecule has 2 nitrogen and oxygen atoms in total. The molecule has 1 atom stereocenters. The van der Waals surface area contributed by atoms with Crippen LogP contribution in [-0.2, 0) is 12.7 Å². The van der Waals surface area contributed by atoms with Crippen LogP contribution < -0.4 is 5.32 Å². The number of hydrogen-bond acceptors (Lipinski definition) is 2. The Kier molecular flexibility index (Phi) is 3.92. The highest BCUT2D eigenvalue weighted by Gasteiger charge is 2.30. The van der Waals surface area contributed by atoms with E-state index in [2.05, 4.69) is 17.1 Å². The normalized spacial score (nSPS) is 22.1. The molecule has 1 saturated heterocycles. The SMILES string of the molecule is C[C@@H]1CN(Cc2ccc(C(F)(F)F)cc2)CCN1. The molecule has 1 aliphatic heterocycles. The fraction of sp³-hybridized carbons (Fsp3) is 0.538. The number of nitrogens with zero attached hydrogens (tertiary/aromatic N) is 1. The van der Waals surface area contributed by atoms with E-state index in [9.17, 15) is 13.2 Å². The first-order valence-electron chi connectivity index (χ1n) is 6.07. The summed E-state index contributed by atoms with van der Waals surface area (Å²) in [6, 6.07) is 5.88. The fourth-order valence-corrected chi connectivity index (χ4v) is 2.21. The maximum atomic E-state index is 12.4. The summed E-state index contributed by atoms with van der Waals surface area (Å²) in [7, 11) is 0. The highest BCUT2D eigenvalue weighted by molar-refractivity contribution is 5.24. The number of piperazine rings is 1. The lowest BCUT2D eigenvalue weighted by atomic mass is 10.1. The summed E-state index contributed by atoms with van der Waals surface area (Å²) >= 11 is 0. The first-order chi connectivity index (χ1) is 8.45. The molecular formula is C13H17F3N2. The maximum absolute atomic E-state index is 12.4. The Labute approximate surface area is 105 Å². The molecule has 1 fully saturated rings. The van der Waals surface area contributed by atoms with Crippen molar-refractivity contribution in [1.82, 2.24) is 10.2 Å². The van der Waals surface area contributed by atoms with Crippen LogP contribution in [0.1, 0.15) is 18.1 Å². The molecule has 1 heterocycles. The molecule has 1 aromatic carbocycles. The van der Waals surface area contributed by atoms with Gasteiger partial charge in [-0.1, -0.05) is 12.1 Å². The first kappa shape index (κ1) is 13.4. The maximum Gasteiger partial charge on any atom is 0.416 e. The molecule has 0 unspecified atom stereocenters. The monoisotopic (exact) mass is 258 g/mol. The van der Waals surface area contributed by atoms with Crippen LogP contribution in [0, 0.1) is 0 Å². The lowest BCUT2D eigenvalue weighted by Crippen LogP contribution is -2.48. The summed E-state index contributed by atoms with van der Waals surface area (Å²) in [6.45, 7) is 5.62. The molecule has 0 saturated carbocycles. The van der Waals surface area contributed by atoms with Crippen LogP contribution in [0.4, 0.5) is 13.2 Å². The summed E-state index contributed by atoms with van der Waals surface area (Å²) in [5.74, 6) is 0. The van der Waals surface area contributed by atoms with Gasteiger partial charge in [0.25, 0.3) is 0 Å². The molecule has 0 aromatic heterocycles. The lowest BCUT2D eigenvalue weighted by molar-refractivity contribution is -0.137. The molecule has 5 heteroatoms. The summed E-state index contributed by atoms with van der Waals surface area (Å²) in [4.78, 5) is 2.25. The number of benzene rings is 1. The minimum atomic E-state index is -4.25. The topological polar surface area (TPSA) is 15.3 Å². The Morgan fingerprint density at radius 2 is 1.94 bits per heavy atom. The van der Waals surface area contributed by atoms with E-state index in [1.807, 2.05) is 0 Å². The van der Waals surface area contributed by atoms with Crippen molar-refractivity contribution in [2.45, 2.75) is 25.7 Å². The van der Waals surface area contributed by atoms with Crippen LogP contribution in [-0.4, -0.2) is 30.6 Å². The van der Waals surface area contributed by atoms with Crippen molar-refractivity contribution in [3.05, 3.63) is 35.4 Å². The van der Waals surface area contributed by atoms with Gasteiger partial charge in [-0.25, -0.2) is 0 Å². The number of nitrogens with one attached hydrogen (secondary N) is 1. The van der Waals surface area contributed by atoms with E-state index in [1.54, 1.807) is 12.1 Å². The average Bonchev–Trinajstić information content (AvgIpc) is 2.28. The zero-order chi connectivity index (χ0) is 13.2. The number of rotatable bonds is 2. The zero-order valence-electron chi connectivity index (χ0n) is 10.3. The van der Waals surface area contributed by atoms with Gasteiger partial charge in [-0.2, -0.15) is 13.2 Å². The molecule has 100 valence electrons. The van der Waals surface area contributed by atoms with Gasteiger partial charge >= 0.3 is 6.18 Å². The van der Waals surface area contributed by atoms with Gasteiger partial charge in [-0.3, -0.25) is 4.90 Å². The molecule has 0 spiro atoms. The molecule has 2 rings (SSSR count). The molecule has 18 heavy (non-hydrogen) atoms. The van der Waals surface area contributed by atoms with Crippen molar-refractivity contribution < 1.29 is 13.2 Å². The van der Waals surface area contributed by atoms with Crippen LogP contribution in [0.3, 0.4) is 0 Å². The van der Waals surface area contributed by atoms with Crippen molar-refractivity contribution in [1.29, 1.82) is 0 Å². The number of hydrogen-bond donors (Lipinski definition) is 1. The Morgan fingerprint density at radius 1 is 1.28 bits per heavy atom. The van der Waals surface area contributed by atoms with E-state index in [4.69, 9.17) is 0 Å². The van der Waals surface area contributed by atoms with Gasteiger partial charge in [-0.05, 0) is 24.6 Å². The van der Waals surface area contributed by atoms with E-state index < -0.39 is 11.7 Å². The Bertz CT molecular complexity index is 386. The highest BCUT2D eigenvalue weighted by Crippen LogP contribution is 2.29. The molecule has 1 aromatic rings. The van der Waals surface area contributed by atoms with E-state index in [0.717, 1.165) is 37.3 Å². The van der Waals surface area contributed by atoms with Crippen LogP contribution in [0.25, 0.3) is 0 Å². The minimum absolute atomic E-state index is 0.438. The largest absolute Gasteiger partial charge is 0.416 e. The quantitative estimate of drug-likeness (QED) is 0.876. The van der Waals surface area contributed by atoms with E-state index in [0.29, 0.717) is 12.6 Å². The average molecular weight is 258 g/mol. The van der Waals surface area contributed by atoms with E-state index >= 15 is 0 Å². The van der Waals surface area contributed by atoms with E-state index in [1.165, 1.54) is 0 Å². The number of alkyl halides is 3. The molecular weight excluding hydrogens is 241 g/mol. The highest BCUT2D eigenvalue weighted by atomic mass is 19.4. The standard InChI is InChI=1S/C13H17F3N2/c1-10-8-18(7-6-17-10)9-11-2-4-12(5-3-11)13(14,15)16/h2-5,10,17H,6-9H2,1H3/t10-/m1/s1. The van der Waals surface area contributed by atoms with Gasteiger partial charge in [0.1, 0.15) is 0 Å². The smallest absolute Gasteiger partial charge is 0.312 e. The van der Waals surface area contributed by atoms with Gasteiger partial charge < -0.3 is 5.32 Å². The van der Waals surface area contributed by atoms with E-state index in [-0.39, 0.29) is 0 Å².